The Hall–Kier alpha value is -1.18. The Kier molecular flexibility index (Phi) is 2.58. The SMILES string of the molecule is CCc1cc(C=O)c(C)cc1F. The summed E-state index contributed by atoms with van der Waals surface area (Å²) in [7, 11) is 0. The third kappa shape index (κ3) is 1.52. The topological polar surface area (TPSA) is 17.1 Å². The minimum atomic E-state index is -0.222. The van der Waals surface area contributed by atoms with E-state index in [-0.39, 0.29) is 5.82 Å². The van der Waals surface area contributed by atoms with Crippen molar-refractivity contribution in [2.75, 3.05) is 0 Å². The molecule has 12 heavy (non-hydrogen) atoms. The average molecular weight is 166 g/mol. The molecular formula is C10H11FO. The molecule has 0 unspecified atom stereocenters. The van der Waals surface area contributed by atoms with E-state index in [1.807, 2.05) is 6.92 Å². The van der Waals surface area contributed by atoms with E-state index in [4.69, 9.17) is 0 Å². The van der Waals surface area contributed by atoms with Gasteiger partial charge >= 0.3 is 0 Å². The lowest BCUT2D eigenvalue weighted by Crippen LogP contribution is -1.94. The second-order valence-electron chi connectivity index (χ2n) is 2.77. The van der Waals surface area contributed by atoms with Crippen LogP contribution >= 0.6 is 0 Å². The number of halogens is 1. The van der Waals surface area contributed by atoms with Gasteiger partial charge < -0.3 is 0 Å². The molecule has 1 aromatic carbocycles. The van der Waals surface area contributed by atoms with Crippen LogP contribution in [0.2, 0.25) is 0 Å². The lowest BCUT2D eigenvalue weighted by molar-refractivity contribution is 0.112. The fourth-order valence-corrected chi connectivity index (χ4v) is 1.13. The molecule has 1 nitrogen and oxygen atoms in total. The highest BCUT2D eigenvalue weighted by Gasteiger charge is 2.04. The van der Waals surface area contributed by atoms with Crippen LogP contribution in [0, 0.1) is 12.7 Å². The van der Waals surface area contributed by atoms with E-state index in [2.05, 4.69) is 0 Å². The summed E-state index contributed by atoms with van der Waals surface area (Å²) in [5.41, 5.74) is 1.87. The molecular weight excluding hydrogens is 155 g/mol. The first-order chi connectivity index (χ1) is 5.69. The van der Waals surface area contributed by atoms with Crippen molar-refractivity contribution in [3.8, 4) is 0 Å². The van der Waals surface area contributed by atoms with Gasteiger partial charge in [0.05, 0.1) is 0 Å². The van der Waals surface area contributed by atoms with Crippen LogP contribution in [0.5, 0.6) is 0 Å². The van der Waals surface area contributed by atoms with E-state index in [9.17, 15) is 9.18 Å². The van der Waals surface area contributed by atoms with Gasteiger partial charge in [0.1, 0.15) is 12.1 Å². The Morgan fingerprint density at radius 3 is 2.67 bits per heavy atom. The quantitative estimate of drug-likeness (QED) is 0.617. The third-order valence-corrected chi connectivity index (χ3v) is 1.94. The molecule has 0 saturated heterocycles. The third-order valence-electron chi connectivity index (χ3n) is 1.94. The maximum absolute atomic E-state index is 13.1. The lowest BCUT2D eigenvalue weighted by atomic mass is 10.0. The standard InChI is InChI=1S/C10H11FO/c1-3-8-5-9(6-12)7(2)4-10(8)11/h4-6H,3H2,1-2H3. The molecule has 1 rings (SSSR count). The summed E-state index contributed by atoms with van der Waals surface area (Å²) < 4.78 is 13.1. The van der Waals surface area contributed by atoms with Crippen molar-refractivity contribution in [2.24, 2.45) is 0 Å². The molecule has 0 fully saturated rings. The zero-order valence-corrected chi connectivity index (χ0v) is 7.23. The van der Waals surface area contributed by atoms with E-state index in [0.717, 1.165) is 6.29 Å². The minimum Gasteiger partial charge on any atom is -0.298 e. The lowest BCUT2D eigenvalue weighted by Gasteiger charge is -2.03. The molecule has 0 spiro atoms. The van der Waals surface area contributed by atoms with Gasteiger partial charge in [0.15, 0.2) is 0 Å². The van der Waals surface area contributed by atoms with Gasteiger partial charge in [-0.15, -0.1) is 0 Å². The fourth-order valence-electron chi connectivity index (χ4n) is 1.13. The van der Waals surface area contributed by atoms with Crippen LogP contribution in [0.1, 0.15) is 28.4 Å². The van der Waals surface area contributed by atoms with Crippen LogP contribution in [0.4, 0.5) is 4.39 Å². The number of aryl methyl sites for hydroxylation is 2. The molecule has 0 amide bonds. The maximum Gasteiger partial charge on any atom is 0.150 e. The van der Waals surface area contributed by atoms with Crippen LogP contribution in [-0.4, -0.2) is 6.29 Å². The maximum atomic E-state index is 13.1. The summed E-state index contributed by atoms with van der Waals surface area (Å²) in [6, 6.07) is 3.01. The second-order valence-corrected chi connectivity index (χ2v) is 2.77. The van der Waals surface area contributed by atoms with Gasteiger partial charge in [-0.25, -0.2) is 4.39 Å². The van der Waals surface area contributed by atoms with Gasteiger partial charge in [-0.1, -0.05) is 6.92 Å². The van der Waals surface area contributed by atoms with E-state index < -0.39 is 0 Å². The first-order valence-electron chi connectivity index (χ1n) is 3.93. The van der Waals surface area contributed by atoms with E-state index in [0.29, 0.717) is 23.1 Å². The highest BCUT2D eigenvalue weighted by atomic mass is 19.1. The normalized spacial score (nSPS) is 9.92. The summed E-state index contributed by atoms with van der Waals surface area (Å²) in [5, 5.41) is 0. The smallest absolute Gasteiger partial charge is 0.150 e. The Labute approximate surface area is 71.2 Å². The fraction of sp³-hybridized carbons (Fsp3) is 0.300. The van der Waals surface area contributed by atoms with Crippen molar-refractivity contribution in [1.82, 2.24) is 0 Å². The van der Waals surface area contributed by atoms with Crippen LogP contribution in [0.15, 0.2) is 12.1 Å². The van der Waals surface area contributed by atoms with E-state index >= 15 is 0 Å². The monoisotopic (exact) mass is 166 g/mol. The van der Waals surface area contributed by atoms with Gasteiger partial charge in [0.2, 0.25) is 0 Å². The molecule has 64 valence electrons. The number of rotatable bonds is 2. The van der Waals surface area contributed by atoms with Crippen LogP contribution in [0.25, 0.3) is 0 Å². The number of carbonyl (C=O) groups is 1. The molecule has 0 aromatic heterocycles. The van der Waals surface area contributed by atoms with E-state index in [1.54, 1.807) is 13.0 Å². The first-order valence-corrected chi connectivity index (χ1v) is 3.93. The second kappa shape index (κ2) is 3.48. The predicted molar refractivity (Wildman–Crippen MR) is 45.9 cm³/mol. The zero-order chi connectivity index (χ0) is 9.14. The van der Waals surface area contributed by atoms with Gasteiger partial charge in [0, 0.05) is 5.56 Å². The molecule has 0 N–H and O–H groups in total. The predicted octanol–water partition coefficient (Wildman–Crippen LogP) is 2.51. The summed E-state index contributed by atoms with van der Waals surface area (Å²) in [5.74, 6) is -0.222. The highest BCUT2D eigenvalue weighted by molar-refractivity contribution is 5.77. The molecule has 0 bridgehead atoms. The number of hydrogen-bond acceptors (Lipinski definition) is 1. The number of hydrogen-bond donors (Lipinski definition) is 0. The largest absolute Gasteiger partial charge is 0.298 e. The summed E-state index contributed by atoms with van der Waals surface area (Å²) >= 11 is 0. The van der Waals surface area contributed by atoms with Crippen molar-refractivity contribution in [3.05, 3.63) is 34.6 Å². The molecule has 1 aromatic rings. The Morgan fingerprint density at radius 1 is 1.50 bits per heavy atom. The molecule has 2 heteroatoms. The van der Waals surface area contributed by atoms with E-state index in [1.165, 1.54) is 6.07 Å². The van der Waals surface area contributed by atoms with Gasteiger partial charge in [-0.3, -0.25) is 4.79 Å². The molecule has 0 aliphatic rings. The molecule has 0 heterocycles. The average Bonchev–Trinajstić information content (AvgIpc) is 2.05. The van der Waals surface area contributed by atoms with Gasteiger partial charge in [-0.2, -0.15) is 0 Å². The van der Waals surface area contributed by atoms with Crippen molar-refractivity contribution >= 4 is 6.29 Å². The number of aldehydes is 1. The first kappa shape index (κ1) is 8.91. The van der Waals surface area contributed by atoms with Gasteiger partial charge in [-0.05, 0) is 36.6 Å². The number of benzene rings is 1. The van der Waals surface area contributed by atoms with Crippen molar-refractivity contribution < 1.29 is 9.18 Å². The number of carbonyl (C=O) groups excluding carboxylic acids is 1. The van der Waals surface area contributed by atoms with Gasteiger partial charge in [0.25, 0.3) is 0 Å². The van der Waals surface area contributed by atoms with Crippen molar-refractivity contribution in [2.45, 2.75) is 20.3 Å². The highest BCUT2D eigenvalue weighted by Crippen LogP contribution is 2.14. The Balaban J connectivity index is 3.26. The summed E-state index contributed by atoms with van der Waals surface area (Å²) in [6.07, 6.45) is 1.38. The minimum absolute atomic E-state index is 0.222. The van der Waals surface area contributed by atoms with Crippen molar-refractivity contribution in [1.29, 1.82) is 0 Å². The molecule has 0 saturated carbocycles. The summed E-state index contributed by atoms with van der Waals surface area (Å²) in [6.45, 7) is 3.59. The van der Waals surface area contributed by atoms with Crippen LogP contribution in [0.3, 0.4) is 0 Å². The molecule has 0 aliphatic heterocycles. The molecule has 0 aliphatic carbocycles. The van der Waals surface area contributed by atoms with Crippen LogP contribution < -0.4 is 0 Å². The molecule has 0 atom stereocenters. The van der Waals surface area contributed by atoms with Crippen LogP contribution in [-0.2, 0) is 6.42 Å². The molecule has 0 radical (unpaired) electrons. The van der Waals surface area contributed by atoms with Crippen molar-refractivity contribution in [3.63, 3.8) is 0 Å². The Morgan fingerprint density at radius 2 is 2.17 bits per heavy atom. The zero-order valence-electron chi connectivity index (χ0n) is 7.23. The Bertz CT molecular complexity index is 305. The summed E-state index contributed by atoms with van der Waals surface area (Å²) in [4.78, 5) is 10.5.